The predicted molar refractivity (Wildman–Crippen MR) is 126 cm³/mol. The Labute approximate surface area is 183 Å². The van der Waals surface area contributed by atoms with Gasteiger partial charge in [0, 0.05) is 11.6 Å². The van der Waals surface area contributed by atoms with Crippen LogP contribution in [0, 0.1) is 0 Å². The average molecular weight is 410 g/mol. The molecule has 1 aromatic carbocycles. The summed E-state index contributed by atoms with van der Waals surface area (Å²) in [6, 6.07) is 10.7. The van der Waals surface area contributed by atoms with Gasteiger partial charge in [0.25, 0.3) is 0 Å². The zero-order valence-corrected chi connectivity index (χ0v) is 19.0. The second kappa shape index (κ2) is 12.6. The first-order valence-electron chi connectivity index (χ1n) is 12.2. The summed E-state index contributed by atoms with van der Waals surface area (Å²) in [6.45, 7) is 6.02. The number of ether oxygens (including phenoxy) is 2. The Morgan fingerprint density at radius 1 is 0.700 bits per heavy atom. The Kier molecular flexibility index (Phi) is 9.53. The second-order valence-electron chi connectivity index (χ2n) is 8.49. The second-order valence-corrected chi connectivity index (χ2v) is 8.49. The van der Waals surface area contributed by atoms with Crippen LogP contribution in [0.4, 0.5) is 0 Å². The number of unbranched alkanes of at least 4 members (excludes halogenated alkanes) is 8. The third kappa shape index (κ3) is 6.75. The Morgan fingerprint density at radius 2 is 1.40 bits per heavy atom. The van der Waals surface area contributed by atoms with Crippen LogP contribution in [0.2, 0.25) is 0 Å². The molecular weight excluding hydrogens is 370 g/mol. The van der Waals surface area contributed by atoms with E-state index in [1.54, 1.807) is 0 Å². The summed E-state index contributed by atoms with van der Waals surface area (Å²) < 4.78 is 11.8. The van der Waals surface area contributed by atoms with Crippen molar-refractivity contribution in [2.45, 2.75) is 90.9 Å². The normalized spacial score (nSPS) is 12.3. The molecule has 30 heavy (non-hydrogen) atoms. The van der Waals surface area contributed by atoms with Crippen LogP contribution in [0.5, 0.6) is 11.6 Å². The van der Waals surface area contributed by atoms with E-state index in [1.165, 1.54) is 61.6 Å². The molecule has 0 saturated carbocycles. The van der Waals surface area contributed by atoms with Crippen molar-refractivity contribution in [3.8, 4) is 22.8 Å². The number of nitrogens with zero attached hydrogens (tertiary/aromatic N) is 1. The molecule has 0 N–H and O–H groups in total. The molecule has 0 fully saturated rings. The van der Waals surface area contributed by atoms with Gasteiger partial charge in [0.1, 0.15) is 5.75 Å². The van der Waals surface area contributed by atoms with Crippen molar-refractivity contribution < 1.29 is 9.47 Å². The third-order valence-electron chi connectivity index (χ3n) is 5.96. The minimum absolute atomic E-state index is 0.748. The predicted octanol–water partition coefficient (Wildman–Crippen LogP) is 7.55. The van der Waals surface area contributed by atoms with Gasteiger partial charge in [0.2, 0.25) is 5.88 Å². The highest BCUT2D eigenvalue weighted by molar-refractivity contribution is 5.73. The number of rotatable bonds is 14. The number of benzene rings is 1. The summed E-state index contributed by atoms with van der Waals surface area (Å²) in [5.74, 6) is 1.77. The first-order valence-corrected chi connectivity index (χ1v) is 12.2. The quantitative estimate of drug-likeness (QED) is 0.302. The van der Waals surface area contributed by atoms with Crippen molar-refractivity contribution >= 4 is 0 Å². The van der Waals surface area contributed by atoms with E-state index < -0.39 is 0 Å². The van der Waals surface area contributed by atoms with E-state index in [0.29, 0.717) is 0 Å². The van der Waals surface area contributed by atoms with Gasteiger partial charge in [-0.05, 0) is 55.0 Å². The number of aromatic nitrogens is 1. The van der Waals surface area contributed by atoms with Crippen molar-refractivity contribution in [1.82, 2.24) is 4.98 Å². The van der Waals surface area contributed by atoms with Crippen LogP contribution in [0.1, 0.15) is 89.3 Å². The Morgan fingerprint density at radius 3 is 2.20 bits per heavy atom. The van der Waals surface area contributed by atoms with E-state index in [1.807, 2.05) is 6.07 Å². The van der Waals surface area contributed by atoms with Crippen molar-refractivity contribution in [3.63, 3.8) is 0 Å². The maximum Gasteiger partial charge on any atom is 0.213 e. The van der Waals surface area contributed by atoms with E-state index in [9.17, 15) is 0 Å². The molecular formula is C27H39NO2. The topological polar surface area (TPSA) is 31.4 Å². The smallest absolute Gasteiger partial charge is 0.213 e. The molecule has 1 heterocycles. The van der Waals surface area contributed by atoms with Gasteiger partial charge in [-0.25, -0.2) is 4.98 Å². The highest BCUT2D eigenvalue weighted by atomic mass is 16.5. The highest BCUT2D eigenvalue weighted by Gasteiger charge is 2.18. The van der Waals surface area contributed by atoms with Crippen LogP contribution >= 0.6 is 0 Å². The number of pyridine rings is 1. The summed E-state index contributed by atoms with van der Waals surface area (Å²) in [7, 11) is 0. The molecule has 1 aliphatic carbocycles. The lowest BCUT2D eigenvalue weighted by atomic mass is 9.88. The van der Waals surface area contributed by atoms with Crippen LogP contribution in [0.3, 0.4) is 0 Å². The molecule has 0 bridgehead atoms. The molecule has 1 aliphatic rings. The molecule has 0 spiro atoms. The van der Waals surface area contributed by atoms with Gasteiger partial charge in [0.15, 0.2) is 0 Å². The molecule has 1 aromatic heterocycles. The molecule has 3 nitrogen and oxygen atoms in total. The fourth-order valence-electron chi connectivity index (χ4n) is 4.13. The van der Waals surface area contributed by atoms with Crippen LogP contribution in [0.15, 0.2) is 30.3 Å². The molecule has 0 amide bonds. The van der Waals surface area contributed by atoms with E-state index in [2.05, 4.69) is 38.1 Å². The SMILES string of the molecule is CCCCCCCCCCOc1ccc2c(c1)CCc1nc(OCCCC)ccc1-2. The summed E-state index contributed by atoms with van der Waals surface area (Å²) in [6.07, 6.45) is 14.8. The largest absolute Gasteiger partial charge is 0.494 e. The fourth-order valence-corrected chi connectivity index (χ4v) is 4.13. The minimum Gasteiger partial charge on any atom is -0.494 e. The van der Waals surface area contributed by atoms with Gasteiger partial charge in [0.05, 0.1) is 18.9 Å². The Hall–Kier alpha value is -2.03. The average Bonchev–Trinajstić information content (AvgIpc) is 2.77. The first kappa shape index (κ1) is 22.7. The maximum absolute atomic E-state index is 6.04. The summed E-state index contributed by atoms with van der Waals surface area (Å²) in [4.78, 5) is 4.75. The third-order valence-corrected chi connectivity index (χ3v) is 5.96. The molecule has 0 aliphatic heterocycles. The van der Waals surface area contributed by atoms with Gasteiger partial charge in [-0.15, -0.1) is 0 Å². The van der Waals surface area contributed by atoms with E-state index in [-0.39, 0.29) is 0 Å². The van der Waals surface area contributed by atoms with Crippen molar-refractivity contribution in [1.29, 1.82) is 0 Å². The van der Waals surface area contributed by atoms with Gasteiger partial charge in [-0.2, -0.15) is 0 Å². The van der Waals surface area contributed by atoms with Crippen LogP contribution in [-0.4, -0.2) is 18.2 Å². The fraction of sp³-hybridized carbons (Fsp3) is 0.593. The highest BCUT2D eigenvalue weighted by Crippen LogP contribution is 2.35. The van der Waals surface area contributed by atoms with E-state index >= 15 is 0 Å². The zero-order chi connectivity index (χ0) is 21.0. The minimum atomic E-state index is 0.748. The molecule has 3 rings (SSSR count). The Bertz CT molecular complexity index is 771. The van der Waals surface area contributed by atoms with Gasteiger partial charge in [-0.1, -0.05) is 71.3 Å². The zero-order valence-electron chi connectivity index (χ0n) is 19.0. The molecule has 0 unspecified atom stereocenters. The maximum atomic E-state index is 6.04. The van der Waals surface area contributed by atoms with E-state index in [0.717, 1.165) is 62.6 Å². The summed E-state index contributed by atoms with van der Waals surface area (Å²) >= 11 is 0. The first-order chi connectivity index (χ1) is 14.8. The van der Waals surface area contributed by atoms with Gasteiger partial charge < -0.3 is 9.47 Å². The standard InChI is InChI=1S/C27H39NO2/c1-3-5-7-8-9-10-11-12-20-29-23-14-15-24-22(21-23)13-17-26-25(24)16-18-27(28-26)30-19-6-4-2/h14-16,18,21H,3-13,17,19-20H2,1-2H3. The van der Waals surface area contributed by atoms with Gasteiger partial charge in [-0.3, -0.25) is 0 Å². The van der Waals surface area contributed by atoms with Crippen molar-refractivity contribution in [3.05, 3.63) is 41.6 Å². The van der Waals surface area contributed by atoms with Crippen molar-refractivity contribution in [2.24, 2.45) is 0 Å². The lowest BCUT2D eigenvalue weighted by Crippen LogP contribution is -2.08. The molecule has 0 radical (unpaired) electrons. The summed E-state index contributed by atoms with van der Waals surface area (Å²) in [5, 5.41) is 0. The van der Waals surface area contributed by atoms with Crippen LogP contribution in [-0.2, 0) is 12.8 Å². The van der Waals surface area contributed by atoms with E-state index in [4.69, 9.17) is 14.5 Å². The molecule has 164 valence electrons. The van der Waals surface area contributed by atoms with Gasteiger partial charge >= 0.3 is 0 Å². The number of hydrogen-bond donors (Lipinski definition) is 0. The molecule has 3 heteroatoms. The Balaban J connectivity index is 1.46. The lowest BCUT2D eigenvalue weighted by molar-refractivity contribution is 0.297. The van der Waals surface area contributed by atoms with Crippen LogP contribution in [0.25, 0.3) is 11.1 Å². The molecule has 2 aromatic rings. The number of aryl methyl sites for hydroxylation is 2. The molecule has 0 saturated heterocycles. The number of hydrogen-bond acceptors (Lipinski definition) is 3. The summed E-state index contributed by atoms with van der Waals surface area (Å²) in [5.41, 5.74) is 5.07. The number of fused-ring (bicyclic) bond motifs is 3. The molecule has 0 atom stereocenters. The van der Waals surface area contributed by atoms with Crippen molar-refractivity contribution in [2.75, 3.05) is 13.2 Å². The monoisotopic (exact) mass is 409 g/mol. The lowest BCUT2D eigenvalue weighted by Gasteiger charge is -2.20. The van der Waals surface area contributed by atoms with Crippen LogP contribution < -0.4 is 9.47 Å².